The van der Waals surface area contributed by atoms with Gasteiger partial charge in [0.1, 0.15) is 25.4 Å². The zero-order valence-corrected chi connectivity index (χ0v) is 71.9. The lowest BCUT2D eigenvalue weighted by Crippen LogP contribution is -2.30. The molecule has 0 spiro atoms. The largest absolute Gasteiger partial charge is 0.472 e. The van der Waals surface area contributed by atoms with Crippen LogP contribution in [0.3, 0.4) is 0 Å². The Morgan fingerprint density at radius 2 is 0.477 bits per heavy atom. The molecule has 5 unspecified atom stereocenters. The molecule has 638 valence electrons. The van der Waals surface area contributed by atoms with E-state index in [0.717, 1.165) is 167 Å². The normalized spacial score (nSPS) is 14.5. The van der Waals surface area contributed by atoms with Gasteiger partial charge in [-0.05, 0) is 135 Å². The van der Waals surface area contributed by atoms with E-state index in [1.807, 2.05) is 0 Å². The number of carbonyl (C=O) groups excluding carboxylic acids is 3. The molecule has 0 amide bonds. The van der Waals surface area contributed by atoms with E-state index < -0.39 is 91.5 Å². The van der Waals surface area contributed by atoms with Gasteiger partial charge >= 0.3 is 33.6 Å². The number of esters is 3. The first-order valence-electron chi connectivity index (χ1n) is 44.1. The number of phosphoric acid groups is 2. The average Bonchev–Trinajstić information content (AvgIpc) is 0.903. The van der Waals surface area contributed by atoms with Crippen LogP contribution in [0.2, 0.25) is 0 Å². The lowest BCUT2D eigenvalue weighted by molar-refractivity contribution is -0.161. The van der Waals surface area contributed by atoms with Crippen LogP contribution < -0.4 is 0 Å². The van der Waals surface area contributed by atoms with Crippen LogP contribution in [0.5, 0.6) is 0 Å². The van der Waals surface area contributed by atoms with Crippen LogP contribution in [-0.2, 0) is 55.8 Å². The highest BCUT2D eigenvalue weighted by molar-refractivity contribution is 7.47. The number of phosphoric ester groups is 2. The topological polar surface area (TPSA) is 231 Å². The minimum absolute atomic E-state index is 0.0861. The summed E-state index contributed by atoms with van der Waals surface area (Å²) in [4.78, 5) is 58.8. The van der Waals surface area contributed by atoms with E-state index in [1.54, 1.807) is 0 Å². The van der Waals surface area contributed by atoms with E-state index in [-0.39, 0.29) is 19.3 Å². The molecule has 0 aromatic rings. The number of aliphatic hydroxyl groups excluding tert-OH is 2. The first-order valence-corrected chi connectivity index (χ1v) is 47.1. The number of rotatable bonds is 83. The van der Waals surface area contributed by atoms with Crippen molar-refractivity contribution in [3.05, 3.63) is 146 Å². The fraction of sp³-hybridized carbons (Fsp3) is 0.710. The van der Waals surface area contributed by atoms with Crippen molar-refractivity contribution in [2.24, 2.45) is 0 Å². The summed E-state index contributed by atoms with van der Waals surface area (Å²) in [6, 6.07) is 0. The average molecular weight is 1600 g/mol. The van der Waals surface area contributed by atoms with Gasteiger partial charge in [0.15, 0.2) is 6.10 Å². The number of hydrogen-bond donors (Lipinski definition) is 4. The van der Waals surface area contributed by atoms with E-state index in [9.17, 15) is 43.5 Å². The third-order valence-corrected chi connectivity index (χ3v) is 20.4. The van der Waals surface area contributed by atoms with Crippen molar-refractivity contribution in [1.82, 2.24) is 0 Å². The molecule has 0 radical (unpaired) electrons. The van der Waals surface area contributed by atoms with Gasteiger partial charge in [0.25, 0.3) is 0 Å². The molecular formula is C93H160O16P2. The van der Waals surface area contributed by atoms with Gasteiger partial charge < -0.3 is 34.2 Å². The SMILES string of the molecule is CC/C=C\C/C=C\C/C=C\C/C=C\C/C=C\CCCCCCCCCCCCCCCCCCCCCC(=O)OCC(O)COP(=O)(O)OCC(O)COP(=O)(O)OCC(COC(=O)CCCCCCCCCCCCC/C=C\C/C=C\C/C=C\C/C=C\C/C=C\CC)OC(=O)CCCCCCC/C=C\C/C=C\CCC. The molecule has 0 saturated heterocycles. The molecule has 0 aromatic carbocycles. The second kappa shape index (κ2) is 84.8. The molecule has 5 atom stereocenters. The molecule has 16 nitrogen and oxygen atoms in total. The van der Waals surface area contributed by atoms with Gasteiger partial charge in [0, 0.05) is 19.3 Å². The van der Waals surface area contributed by atoms with Gasteiger partial charge in [0.2, 0.25) is 0 Å². The summed E-state index contributed by atoms with van der Waals surface area (Å²) in [6.07, 6.45) is 106. The molecule has 0 rings (SSSR count). The zero-order valence-electron chi connectivity index (χ0n) is 70.1. The summed E-state index contributed by atoms with van der Waals surface area (Å²) in [7, 11) is -9.80. The summed E-state index contributed by atoms with van der Waals surface area (Å²) in [5, 5.41) is 20.7. The maximum absolute atomic E-state index is 13.0. The second-order valence-electron chi connectivity index (χ2n) is 29.3. The highest BCUT2D eigenvalue weighted by Crippen LogP contribution is 2.45. The standard InChI is InChI=1S/C93H160O16P2/c1-4-7-10-13-16-19-22-25-27-29-31-33-35-37-39-40-41-42-43-44-45-46-48-50-51-53-55-57-59-62-64-67-70-73-76-79-91(96)103-82-88(94)83-105-110(99,100)106-84-89(95)85-107-111(101,102)108-87-90(109-93(98)81-78-75-72-69-66-61-24-21-18-15-12-9-6-3)86-104-92(97)80-77-74-71-68-65-63-60-58-56-54-52-49-47-38-36-34-32-30-28-26-23-20-17-14-11-8-5-2/h7-8,10-12,15-17,19-21,24-28,31-34,37-39,47,88-90,94-95H,4-6,9,13-14,18,22-23,29-30,35-36,40-46,48-87H2,1-3H3,(H,99,100)(H,101,102)/b10-7-,11-8-,15-12-,19-16-,20-17-,24-21-,27-25-,28-26-,33-31-,34-32-,39-37-,47-38-. The number of unbranched alkanes of at least 4 members (excludes halogenated alkanes) is 36. The minimum atomic E-state index is -4.94. The van der Waals surface area contributed by atoms with Gasteiger partial charge in [0.05, 0.1) is 26.4 Å². The number of allylic oxidation sites excluding steroid dienone is 24. The molecule has 0 saturated carbocycles. The van der Waals surface area contributed by atoms with Gasteiger partial charge in [-0.2, -0.15) is 0 Å². The predicted molar refractivity (Wildman–Crippen MR) is 463 cm³/mol. The van der Waals surface area contributed by atoms with E-state index in [4.69, 9.17) is 32.3 Å². The zero-order chi connectivity index (χ0) is 80.8. The smallest absolute Gasteiger partial charge is 0.463 e. The number of hydrogen-bond acceptors (Lipinski definition) is 14. The Bertz CT molecular complexity index is 2600. The van der Waals surface area contributed by atoms with Crippen molar-refractivity contribution in [1.29, 1.82) is 0 Å². The molecule has 4 N–H and O–H groups in total. The van der Waals surface area contributed by atoms with Crippen molar-refractivity contribution in [2.45, 2.75) is 386 Å². The second-order valence-corrected chi connectivity index (χ2v) is 32.2. The summed E-state index contributed by atoms with van der Waals surface area (Å²) in [6.45, 7) is 2.40. The Kier molecular flexibility index (Phi) is 81.3. The van der Waals surface area contributed by atoms with Crippen LogP contribution in [0.15, 0.2) is 146 Å². The van der Waals surface area contributed by atoms with Crippen molar-refractivity contribution >= 4 is 33.6 Å². The molecule has 0 aliphatic rings. The monoisotopic (exact) mass is 1600 g/mol. The van der Waals surface area contributed by atoms with Crippen molar-refractivity contribution in [3.8, 4) is 0 Å². The van der Waals surface area contributed by atoms with Gasteiger partial charge in [-0.3, -0.25) is 32.5 Å². The molecule has 0 aliphatic carbocycles. The number of ether oxygens (including phenoxy) is 3. The van der Waals surface area contributed by atoms with Crippen molar-refractivity contribution in [2.75, 3.05) is 39.6 Å². The number of aliphatic hydroxyl groups is 2. The summed E-state index contributed by atoms with van der Waals surface area (Å²) in [5.74, 6) is -1.59. The van der Waals surface area contributed by atoms with Gasteiger partial charge in [-0.25, -0.2) is 9.13 Å². The minimum Gasteiger partial charge on any atom is -0.463 e. The Morgan fingerprint density at radius 1 is 0.261 bits per heavy atom. The van der Waals surface area contributed by atoms with Crippen molar-refractivity contribution < 1.29 is 75.8 Å². The Labute approximate surface area is 677 Å². The Morgan fingerprint density at radius 3 is 0.757 bits per heavy atom. The Balaban J connectivity index is 4.38. The summed E-state index contributed by atoms with van der Waals surface area (Å²) < 4.78 is 61.3. The summed E-state index contributed by atoms with van der Waals surface area (Å²) in [5.41, 5.74) is 0. The summed E-state index contributed by atoms with van der Waals surface area (Å²) >= 11 is 0. The van der Waals surface area contributed by atoms with E-state index in [2.05, 4.69) is 167 Å². The van der Waals surface area contributed by atoms with Crippen molar-refractivity contribution in [3.63, 3.8) is 0 Å². The fourth-order valence-corrected chi connectivity index (χ4v) is 13.5. The predicted octanol–water partition coefficient (Wildman–Crippen LogP) is 26.8. The maximum Gasteiger partial charge on any atom is 0.472 e. The van der Waals surface area contributed by atoms with Crippen LogP contribution >= 0.6 is 15.6 Å². The molecular weight excluding hydrogens is 1430 g/mol. The quantitative estimate of drug-likeness (QED) is 0.0146. The molecule has 0 fully saturated rings. The lowest BCUT2D eigenvalue weighted by atomic mass is 10.0. The maximum atomic E-state index is 13.0. The first-order chi connectivity index (χ1) is 54.2. The van der Waals surface area contributed by atoms with Gasteiger partial charge in [-0.15, -0.1) is 0 Å². The van der Waals surface area contributed by atoms with Crippen LogP contribution in [0.4, 0.5) is 0 Å². The highest BCUT2D eigenvalue weighted by atomic mass is 31.2. The third kappa shape index (κ3) is 86.1. The van der Waals surface area contributed by atoms with Crippen LogP contribution in [-0.4, -0.2) is 95.9 Å². The van der Waals surface area contributed by atoms with E-state index in [1.165, 1.54) is 141 Å². The van der Waals surface area contributed by atoms with Crippen LogP contribution in [0, 0.1) is 0 Å². The Hall–Kier alpha value is -4.57. The molecule has 111 heavy (non-hydrogen) atoms. The first kappa shape index (κ1) is 106. The molecule has 0 heterocycles. The molecule has 0 bridgehead atoms. The molecule has 18 heteroatoms. The van der Waals surface area contributed by atoms with E-state index in [0.29, 0.717) is 19.3 Å². The lowest BCUT2D eigenvalue weighted by Gasteiger charge is -2.21. The van der Waals surface area contributed by atoms with Crippen LogP contribution in [0.1, 0.15) is 367 Å². The number of carbonyl (C=O) groups is 3. The van der Waals surface area contributed by atoms with Crippen LogP contribution in [0.25, 0.3) is 0 Å². The molecule has 0 aromatic heterocycles. The van der Waals surface area contributed by atoms with Gasteiger partial charge in [-0.1, -0.05) is 359 Å². The third-order valence-electron chi connectivity index (χ3n) is 18.5. The fourth-order valence-electron chi connectivity index (χ4n) is 11.9. The molecule has 0 aliphatic heterocycles. The highest BCUT2D eigenvalue weighted by Gasteiger charge is 2.29. The van der Waals surface area contributed by atoms with E-state index >= 15 is 0 Å².